The molecule has 6 heteroatoms. The van der Waals surface area contributed by atoms with Crippen LogP contribution in [0, 0.1) is 0 Å². The standard InChI is InChI=1S/C73H126O6/c1-4-7-10-13-16-19-22-25-28-30-32-33-34-35-36-37-38-39-41-42-45-48-51-54-57-60-63-66-72(75)78-69-70(68-77-71(74)65-62-59-56-53-50-47-44-27-24-21-18-15-12-9-6-3)79-73(76)67-64-61-58-55-52-49-46-43-40-31-29-26-23-20-17-14-11-8-5-2/h7,10,16,18-19,21,25,27-28,32-33,35-36,38-39,44,70H,4-6,8-9,11-15,17,20,22-24,26,29-31,34,37,40-43,45-69H2,1-3H3/b10-7-,19-16-,21-18-,28-25-,33-32-,36-35-,39-38-,44-27-. The third-order valence-corrected chi connectivity index (χ3v) is 14.6. The van der Waals surface area contributed by atoms with Gasteiger partial charge in [0, 0.05) is 19.3 Å². The van der Waals surface area contributed by atoms with E-state index in [0.29, 0.717) is 19.3 Å². The summed E-state index contributed by atoms with van der Waals surface area (Å²) in [5.74, 6) is -0.890. The fourth-order valence-corrected chi connectivity index (χ4v) is 9.54. The van der Waals surface area contributed by atoms with E-state index in [-0.39, 0.29) is 31.1 Å². The second-order valence-corrected chi connectivity index (χ2v) is 22.4. The zero-order chi connectivity index (χ0) is 57.1. The predicted octanol–water partition coefficient (Wildman–Crippen LogP) is 23.2. The van der Waals surface area contributed by atoms with Crippen LogP contribution >= 0.6 is 0 Å². The molecule has 454 valence electrons. The van der Waals surface area contributed by atoms with Crippen LogP contribution in [0.1, 0.15) is 329 Å². The second-order valence-electron chi connectivity index (χ2n) is 22.4. The Kier molecular flexibility index (Phi) is 63.7. The monoisotopic (exact) mass is 1100 g/mol. The Morgan fingerprint density at radius 1 is 0.266 bits per heavy atom. The van der Waals surface area contributed by atoms with Gasteiger partial charge in [-0.1, -0.05) is 304 Å². The third kappa shape index (κ3) is 65.0. The molecule has 1 unspecified atom stereocenters. The van der Waals surface area contributed by atoms with E-state index in [1.54, 1.807) is 0 Å². The van der Waals surface area contributed by atoms with E-state index in [4.69, 9.17) is 14.2 Å². The first-order valence-electron chi connectivity index (χ1n) is 33.7. The summed E-state index contributed by atoms with van der Waals surface area (Å²) in [5, 5.41) is 0. The van der Waals surface area contributed by atoms with Crippen LogP contribution in [0.3, 0.4) is 0 Å². The highest BCUT2D eigenvalue weighted by atomic mass is 16.6. The van der Waals surface area contributed by atoms with E-state index in [2.05, 4.69) is 118 Å². The van der Waals surface area contributed by atoms with E-state index in [9.17, 15) is 14.4 Å². The molecular weight excluding hydrogens is 973 g/mol. The first kappa shape index (κ1) is 75.3. The zero-order valence-electron chi connectivity index (χ0n) is 52.1. The lowest BCUT2D eigenvalue weighted by Gasteiger charge is -2.18. The minimum absolute atomic E-state index is 0.0840. The molecule has 0 spiro atoms. The Balaban J connectivity index is 4.35. The molecule has 0 fully saturated rings. The zero-order valence-corrected chi connectivity index (χ0v) is 52.1. The van der Waals surface area contributed by atoms with Gasteiger partial charge in [0.05, 0.1) is 0 Å². The van der Waals surface area contributed by atoms with Gasteiger partial charge >= 0.3 is 17.9 Å². The summed E-state index contributed by atoms with van der Waals surface area (Å²) in [6, 6.07) is 0. The van der Waals surface area contributed by atoms with Crippen molar-refractivity contribution in [2.75, 3.05) is 13.2 Å². The first-order chi connectivity index (χ1) is 39.0. The lowest BCUT2D eigenvalue weighted by molar-refractivity contribution is -0.167. The summed E-state index contributed by atoms with van der Waals surface area (Å²) in [5.41, 5.74) is 0. The van der Waals surface area contributed by atoms with Gasteiger partial charge in [-0.25, -0.2) is 0 Å². The van der Waals surface area contributed by atoms with Gasteiger partial charge < -0.3 is 14.2 Å². The number of ether oxygens (including phenoxy) is 3. The van der Waals surface area contributed by atoms with Crippen LogP contribution in [0.25, 0.3) is 0 Å². The molecule has 0 aliphatic rings. The molecule has 0 N–H and O–H groups in total. The topological polar surface area (TPSA) is 78.9 Å². The van der Waals surface area contributed by atoms with E-state index >= 15 is 0 Å². The summed E-state index contributed by atoms with van der Waals surface area (Å²) in [6.07, 6.45) is 89.9. The van der Waals surface area contributed by atoms with E-state index in [1.807, 2.05) is 0 Å². The Hall–Kier alpha value is -3.67. The summed E-state index contributed by atoms with van der Waals surface area (Å²) in [6.45, 7) is 6.52. The van der Waals surface area contributed by atoms with Crippen molar-refractivity contribution in [2.24, 2.45) is 0 Å². The number of esters is 3. The van der Waals surface area contributed by atoms with E-state index in [1.165, 1.54) is 167 Å². The minimum Gasteiger partial charge on any atom is -0.462 e. The highest BCUT2D eigenvalue weighted by molar-refractivity contribution is 5.71. The fourth-order valence-electron chi connectivity index (χ4n) is 9.54. The van der Waals surface area contributed by atoms with Crippen LogP contribution in [-0.2, 0) is 28.6 Å². The average Bonchev–Trinajstić information content (AvgIpc) is 3.45. The molecule has 0 heterocycles. The molecule has 0 aromatic carbocycles. The second kappa shape index (κ2) is 66.8. The number of rotatable bonds is 61. The van der Waals surface area contributed by atoms with Gasteiger partial charge in [0.25, 0.3) is 0 Å². The van der Waals surface area contributed by atoms with Crippen LogP contribution in [0.15, 0.2) is 97.2 Å². The summed E-state index contributed by atoms with van der Waals surface area (Å²) < 4.78 is 17.0. The summed E-state index contributed by atoms with van der Waals surface area (Å²) in [7, 11) is 0. The Labute approximate surface area is 489 Å². The predicted molar refractivity (Wildman–Crippen MR) is 344 cm³/mol. The van der Waals surface area contributed by atoms with Crippen LogP contribution < -0.4 is 0 Å². The maximum Gasteiger partial charge on any atom is 0.306 e. The molecule has 0 radical (unpaired) electrons. The van der Waals surface area contributed by atoms with Gasteiger partial charge in [-0.3, -0.25) is 14.4 Å². The third-order valence-electron chi connectivity index (χ3n) is 14.6. The van der Waals surface area contributed by atoms with E-state index in [0.717, 1.165) is 122 Å². The molecular formula is C73H126O6. The van der Waals surface area contributed by atoms with Gasteiger partial charge in [-0.2, -0.15) is 0 Å². The molecule has 0 aromatic rings. The van der Waals surface area contributed by atoms with Gasteiger partial charge in [-0.05, 0) is 103 Å². The normalized spacial score (nSPS) is 12.7. The largest absolute Gasteiger partial charge is 0.462 e. The molecule has 0 rings (SSSR count). The van der Waals surface area contributed by atoms with Crippen molar-refractivity contribution in [3.8, 4) is 0 Å². The Morgan fingerprint density at radius 2 is 0.494 bits per heavy atom. The number of carbonyl (C=O) groups excluding carboxylic acids is 3. The maximum atomic E-state index is 12.9. The van der Waals surface area contributed by atoms with Gasteiger partial charge in [0.1, 0.15) is 13.2 Å². The van der Waals surface area contributed by atoms with Crippen molar-refractivity contribution in [1.82, 2.24) is 0 Å². The van der Waals surface area contributed by atoms with Crippen LogP contribution in [0.4, 0.5) is 0 Å². The van der Waals surface area contributed by atoms with Crippen molar-refractivity contribution < 1.29 is 28.6 Å². The molecule has 0 saturated carbocycles. The molecule has 0 aliphatic heterocycles. The number of carbonyl (C=O) groups is 3. The van der Waals surface area contributed by atoms with Gasteiger partial charge in [0.15, 0.2) is 6.10 Å². The number of unbranched alkanes of at least 4 members (excludes halogenated alkanes) is 34. The van der Waals surface area contributed by atoms with Crippen molar-refractivity contribution in [2.45, 2.75) is 335 Å². The molecule has 0 aliphatic carbocycles. The number of hydrogen-bond donors (Lipinski definition) is 0. The average molecular weight is 1100 g/mol. The quantitative estimate of drug-likeness (QED) is 0.0261. The van der Waals surface area contributed by atoms with E-state index < -0.39 is 6.10 Å². The van der Waals surface area contributed by atoms with Crippen LogP contribution in [0.5, 0.6) is 0 Å². The fraction of sp³-hybridized carbons (Fsp3) is 0.740. The van der Waals surface area contributed by atoms with Crippen LogP contribution in [0.2, 0.25) is 0 Å². The summed E-state index contributed by atoms with van der Waals surface area (Å²) >= 11 is 0. The highest BCUT2D eigenvalue weighted by Gasteiger charge is 2.19. The number of hydrogen-bond acceptors (Lipinski definition) is 6. The van der Waals surface area contributed by atoms with Crippen molar-refractivity contribution in [1.29, 1.82) is 0 Å². The van der Waals surface area contributed by atoms with Gasteiger partial charge in [0.2, 0.25) is 0 Å². The molecule has 0 amide bonds. The lowest BCUT2D eigenvalue weighted by atomic mass is 10.0. The first-order valence-corrected chi connectivity index (χ1v) is 33.7. The molecule has 6 nitrogen and oxygen atoms in total. The molecule has 1 atom stereocenters. The smallest absolute Gasteiger partial charge is 0.306 e. The molecule has 0 saturated heterocycles. The van der Waals surface area contributed by atoms with Crippen LogP contribution in [-0.4, -0.2) is 37.2 Å². The molecule has 79 heavy (non-hydrogen) atoms. The SMILES string of the molecule is CC/C=C\C/C=C\C/C=C\C/C=C\C/C=C\C/C=C\CCCCCCCCCCC(=O)OCC(COC(=O)CCCCCCC/C=C\C/C=C\CCCCC)OC(=O)CCCCCCCCCCCCCCCCCCCCC. The molecule has 0 aromatic heterocycles. The summed E-state index contributed by atoms with van der Waals surface area (Å²) in [4.78, 5) is 38.4. The Bertz CT molecular complexity index is 1540. The Morgan fingerprint density at radius 3 is 0.797 bits per heavy atom. The number of allylic oxidation sites excluding steroid dienone is 16. The minimum atomic E-state index is -0.787. The maximum absolute atomic E-state index is 12.9. The van der Waals surface area contributed by atoms with Crippen molar-refractivity contribution in [3.05, 3.63) is 97.2 Å². The van der Waals surface area contributed by atoms with Gasteiger partial charge in [-0.15, -0.1) is 0 Å². The lowest BCUT2D eigenvalue weighted by Crippen LogP contribution is -2.30. The highest BCUT2D eigenvalue weighted by Crippen LogP contribution is 2.17. The van der Waals surface area contributed by atoms with Crippen molar-refractivity contribution in [3.63, 3.8) is 0 Å². The van der Waals surface area contributed by atoms with Crippen molar-refractivity contribution >= 4 is 17.9 Å². The molecule has 0 bridgehead atoms.